The van der Waals surface area contributed by atoms with Crippen LogP contribution in [-0.2, 0) is 4.79 Å². The van der Waals surface area contributed by atoms with Crippen LogP contribution in [0.1, 0.15) is 12.1 Å². The van der Waals surface area contributed by atoms with Gasteiger partial charge in [0.2, 0.25) is 5.91 Å². The molecule has 0 aliphatic carbocycles. The fourth-order valence-corrected chi connectivity index (χ4v) is 1.99. The van der Waals surface area contributed by atoms with Crippen molar-refractivity contribution >= 4 is 27.7 Å². The van der Waals surface area contributed by atoms with Crippen molar-refractivity contribution < 1.29 is 4.79 Å². The molecule has 1 aromatic heterocycles. The minimum atomic E-state index is 0.102. The van der Waals surface area contributed by atoms with E-state index in [1.807, 2.05) is 19.1 Å². The van der Waals surface area contributed by atoms with Gasteiger partial charge in [-0.05, 0) is 19.1 Å². The summed E-state index contributed by atoms with van der Waals surface area (Å²) >= 11 is 3.42. The van der Waals surface area contributed by atoms with Gasteiger partial charge >= 0.3 is 0 Å². The van der Waals surface area contributed by atoms with Crippen molar-refractivity contribution in [2.45, 2.75) is 18.2 Å². The van der Waals surface area contributed by atoms with Crippen molar-refractivity contribution in [3.8, 4) is 0 Å². The van der Waals surface area contributed by atoms with Crippen molar-refractivity contribution in [1.82, 2.24) is 10.2 Å². The van der Waals surface area contributed by atoms with Crippen molar-refractivity contribution in [2.75, 3.05) is 11.4 Å². The first-order valence-electron chi connectivity index (χ1n) is 4.41. The quantitative estimate of drug-likeness (QED) is 0.711. The van der Waals surface area contributed by atoms with Gasteiger partial charge in [0.05, 0.1) is 5.69 Å². The zero-order chi connectivity index (χ0) is 10.1. The first kappa shape index (κ1) is 9.58. The van der Waals surface area contributed by atoms with E-state index in [1.165, 1.54) is 0 Å². The van der Waals surface area contributed by atoms with E-state index in [-0.39, 0.29) is 10.7 Å². The maximum atomic E-state index is 11.5. The summed E-state index contributed by atoms with van der Waals surface area (Å²) in [6, 6.07) is 3.68. The van der Waals surface area contributed by atoms with Crippen LogP contribution in [0.4, 0.5) is 5.82 Å². The van der Waals surface area contributed by atoms with Gasteiger partial charge < -0.3 is 0 Å². The highest BCUT2D eigenvalue weighted by atomic mass is 79.9. The largest absolute Gasteiger partial charge is 0.294 e. The number of aryl methyl sites for hydroxylation is 1. The zero-order valence-corrected chi connectivity index (χ0v) is 9.36. The third kappa shape index (κ3) is 1.77. The molecule has 0 saturated carbocycles. The first-order valence-corrected chi connectivity index (χ1v) is 5.33. The summed E-state index contributed by atoms with van der Waals surface area (Å²) in [4.78, 5) is 13.4. The van der Waals surface area contributed by atoms with Gasteiger partial charge in [0.25, 0.3) is 0 Å². The highest BCUT2D eigenvalue weighted by Crippen LogP contribution is 2.22. The Labute approximate surface area is 90.4 Å². The predicted molar refractivity (Wildman–Crippen MR) is 56.5 cm³/mol. The average Bonchev–Trinajstić information content (AvgIpc) is 2.47. The SMILES string of the molecule is Cc1ccc(N2CC(Br)CC2=O)nn1. The molecule has 1 amide bonds. The van der Waals surface area contributed by atoms with Crippen LogP contribution >= 0.6 is 15.9 Å². The highest BCUT2D eigenvalue weighted by Gasteiger charge is 2.29. The number of anilines is 1. The van der Waals surface area contributed by atoms with Gasteiger partial charge in [0, 0.05) is 17.8 Å². The molecular formula is C9H10BrN3O. The summed E-state index contributed by atoms with van der Waals surface area (Å²) < 4.78 is 0. The van der Waals surface area contributed by atoms with Crippen molar-refractivity contribution in [3.63, 3.8) is 0 Å². The maximum absolute atomic E-state index is 11.5. The lowest BCUT2D eigenvalue weighted by Crippen LogP contribution is -2.25. The molecule has 5 heteroatoms. The van der Waals surface area contributed by atoms with E-state index in [4.69, 9.17) is 0 Å². The molecule has 0 aromatic carbocycles. The van der Waals surface area contributed by atoms with E-state index >= 15 is 0 Å². The van der Waals surface area contributed by atoms with Crippen LogP contribution in [0, 0.1) is 6.92 Å². The van der Waals surface area contributed by atoms with E-state index in [0.29, 0.717) is 18.8 Å². The summed E-state index contributed by atoms with van der Waals surface area (Å²) in [5.41, 5.74) is 0.857. The molecule has 2 heterocycles. The lowest BCUT2D eigenvalue weighted by Gasteiger charge is -2.13. The number of hydrogen-bond acceptors (Lipinski definition) is 3. The second-order valence-corrected chi connectivity index (χ2v) is 4.63. The van der Waals surface area contributed by atoms with Gasteiger partial charge in [0.1, 0.15) is 0 Å². The van der Waals surface area contributed by atoms with Gasteiger partial charge in [-0.1, -0.05) is 15.9 Å². The third-order valence-corrected chi connectivity index (χ3v) is 2.75. The first-order chi connectivity index (χ1) is 6.66. The molecule has 74 valence electrons. The molecule has 0 radical (unpaired) electrons. The number of nitrogens with zero attached hydrogens (tertiary/aromatic N) is 3. The topological polar surface area (TPSA) is 46.1 Å². The second kappa shape index (κ2) is 3.65. The molecule has 1 aromatic rings. The van der Waals surface area contributed by atoms with Gasteiger partial charge in [0.15, 0.2) is 5.82 Å². The van der Waals surface area contributed by atoms with Crippen LogP contribution in [0.2, 0.25) is 0 Å². The Morgan fingerprint density at radius 2 is 2.29 bits per heavy atom. The van der Waals surface area contributed by atoms with E-state index in [1.54, 1.807) is 4.90 Å². The Bertz CT molecular complexity index is 352. The Morgan fingerprint density at radius 1 is 1.50 bits per heavy atom. The Hall–Kier alpha value is -0.970. The number of rotatable bonds is 1. The number of amides is 1. The molecular weight excluding hydrogens is 246 g/mol. The van der Waals surface area contributed by atoms with Gasteiger partial charge in [-0.2, -0.15) is 5.10 Å². The number of aromatic nitrogens is 2. The molecule has 0 spiro atoms. The Kier molecular flexibility index (Phi) is 2.50. The summed E-state index contributed by atoms with van der Waals surface area (Å²) in [6.07, 6.45) is 0.537. The van der Waals surface area contributed by atoms with Crippen LogP contribution in [0.25, 0.3) is 0 Å². The number of hydrogen-bond donors (Lipinski definition) is 0. The van der Waals surface area contributed by atoms with Crippen LogP contribution in [0.5, 0.6) is 0 Å². The molecule has 1 aliphatic rings. The molecule has 1 saturated heterocycles. The zero-order valence-electron chi connectivity index (χ0n) is 7.77. The second-order valence-electron chi connectivity index (χ2n) is 3.34. The lowest BCUT2D eigenvalue weighted by atomic mass is 10.4. The lowest BCUT2D eigenvalue weighted by molar-refractivity contribution is -0.117. The minimum absolute atomic E-state index is 0.102. The molecule has 4 nitrogen and oxygen atoms in total. The summed E-state index contributed by atoms with van der Waals surface area (Å²) in [6.45, 7) is 2.55. The summed E-state index contributed by atoms with van der Waals surface area (Å²) in [7, 11) is 0. The monoisotopic (exact) mass is 255 g/mol. The molecule has 1 unspecified atom stereocenters. The summed E-state index contributed by atoms with van der Waals surface area (Å²) in [5.74, 6) is 0.743. The number of alkyl halides is 1. The minimum Gasteiger partial charge on any atom is -0.294 e. The maximum Gasteiger partial charge on any atom is 0.229 e. The number of carbonyl (C=O) groups is 1. The van der Waals surface area contributed by atoms with Crippen LogP contribution in [0.15, 0.2) is 12.1 Å². The smallest absolute Gasteiger partial charge is 0.229 e. The molecule has 1 fully saturated rings. The Morgan fingerprint density at radius 3 is 2.79 bits per heavy atom. The number of carbonyl (C=O) groups excluding carboxylic acids is 1. The normalized spacial score (nSPS) is 21.7. The van der Waals surface area contributed by atoms with Crippen molar-refractivity contribution in [3.05, 3.63) is 17.8 Å². The Balaban J connectivity index is 2.23. The molecule has 1 aliphatic heterocycles. The molecule has 14 heavy (non-hydrogen) atoms. The standard InChI is InChI=1S/C9H10BrN3O/c1-6-2-3-8(12-11-6)13-5-7(10)4-9(13)14/h2-3,7H,4-5H2,1H3. The average molecular weight is 256 g/mol. The molecule has 2 rings (SSSR count). The van der Waals surface area contributed by atoms with E-state index < -0.39 is 0 Å². The van der Waals surface area contributed by atoms with Gasteiger partial charge in [-0.3, -0.25) is 9.69 Å². The predicted octanol–water partition coefficient (Wildman–Crippen LogP) is 1.29. The molecule has 1 atom stereocenters. The fraction of sp³-hybridized carbons (Fsp3) is 0.444. The van der Waals surface area contributed by atoms with E-state index in [0.717, 1.165) is 5.69 Å². The van der Waals surface area contributed by atoms with Crippen LogP contribution in [0.3, 0.4) is 0 Å². The summed E-state index contributed by atoms with van der Waals surface area (Å²) in [5, 5.41) is 7.90. The van der Waals surface area contributed by atoms with Crippen molar-refractivity contribution in [1.29, 1.82) is 0 Å². The molecule has 0 bridgehead atoms. The van der Waals surface area contributed by atoms with Gasteiger partial charge in [-0.15, -0.1) is 5.10 Å². The van der Waals surface area contributed by atoms with E-state index in [2.05, 4.69) is 26.1 Å². The van der Waals surface area contributed by atoms with Crippen molar-refractivity contribution in [2.24, 2.45) is 0 Å². The fourth-order valence-electron chi connectivity index (χ4n) is 1.42. The van der Waals surface area contributed by atoms with Crippen LogP contribution < -0.4 is 4.90 Å². The number of halogens is 1. The molecule has 0 N–H and O–H groups in total. The van der Waals surface area contributed by atoms with Gasteiger partial charge in [-0.25, -0.2) is 0 Å². The van der Waals surface area contributed by atoms with E-state index in [9.17, 15) is 4.79 Å². The third-order valence-electron chi connectivity index (χ3n) is 2.14. The van der Waals surface area contributed by atoms with Crippen LogP contribution in [-0.4, -0.2) is 27.5 Å². The highest BCUT2D eigenvalue weighted by molar-refractivity contribution is 9.09.